The maximum absolute atomic E-state index is 13.5. The van der Waals surface area contributed by atoms with Crippen LogP contribution >= 0.6 is 22.9 Å². The standard InChI is InChI=1S/C26H35ClN4O5S/c1-15(17-6-8-18(9-7-17)21-16(2)28-14-37-21)29-23(33)20-12-19(32)13-31(20)24(34)22(26(3,4)5)30-25(35)36-11-10-27/h6-9,14-15,19-20,22,32H,10-13H2,1-5H3,(H,29,33)(H,30,35)/t15-,19+,20-,22+/m0/s1. The van der Waals surface area contributed by atoms with Gasteiger partial charge in [0.1, 0.15) is 18.7 Å². The minimum absolute atomic E-state index is 0.000808. The number of amides is 3. The molecule has 4 atom stereocenters. The number of hydrogen-bond acceptors (Lipinski definition) is 7. The third-order valence-corrected chi connectivity index (χ3v) is 7.46. The predicted molar refractivity (Wildman–Crippen MR) is 143 cm³/mol. The lowest BCUT2D eigenvalue weighted by Crippen LogP contribution is -2.58. The number of alkyl carbamates (subject to hydrolysis) is 1. The van der Waals surface area contributed by atoms with Crippen molar-refractivity contribution in [3.05, 3.63) is 41.0 Å². The van der Waals surface area contributed by atoms with E-state index in [0.717, 1.165) is 21.7 Å². The van der Waals surface area contributed by atoms with E-state index in [9.17, 15) is 19.5 Å². The van der Waals surface area contributed by atoms with Crippen molar-refractivity contribution in [3.8, 4) is 10.4 Å². The van der Waals surface area contributed by atoms with Crippen LogP contribution in [-0.4, -0.2) is 70.1 Å². The van der Waals surface area contributed by atoms with Crippen LogP contribution in [0.1, 0.15) is 51.4 Å². The molecule has 2 heterocycles. The highest BCUT2D eigenvalue weighted by molar-refractivity contribution is 7.13. The van der Waals surface area contributed by atoms with E-state index in [1.54, 1.807) is 32.1 Å². The Morgan fingerprint density at radius 3 is 2.49 bits per heavy atom. The summed E-state index contributed by atoms with van der Waals surface area (Å²) in [6.45, 7) is 9.26. The third-order valence-electron chi connectivity index (χ3n) is 6.33. The molecule has 1 saturated heterocycles. The summed E-state index contributed by atoms with van der Waals surface area (Å²) in [5, 5.41) is 15.9. The van der Waals surface area contributed by atoms with E-state index in [1.807, 2.05) is 43.6 Å². The van der Waals surface area contributed by atoms with Crippen LogP contribution in [0.3, 0.4) is 0 Å². The van der Waals surface area contributed by atoms with Gasteiger partial charge in [-0.1, -0.05) is 45.0 Å². The van der Waals surface area contributed by atoms with Gasteiger partial charge in [-0.2, -0.15) is 0 Å². The van der Waals surface area contributed by atoms with Gasteiger partial charge in [0.05, 0.1) is 34.1 Å². The lowest BCUT2D eigenvalue weighted by Gasteiger charge is -2.35. The van der Waals surface area contributed by atoms with Gasteiger partial charge in [-0.3, -0.25) is 9.59 Å². The van der Waals surface area contributed by atoms with Gasteiger partial charge in [0.25, 0.3) is 0 Å². The number of aliphatic hydroxyl groups is 1. The van der Waals surface area contributed by atoms with E-state index in [-0.39, 0.29) is 37.4 Å². The van der Waals surface area contributed by atoms with Gasteiger partial charge >= 0.3 is 6.09 Å². The molecule has 1 aromatic heterocycles. The molecule has 1 aliphatic heterocycles. The number of aromatic nitrogens is 1. The second-order valence-corrected chi connectivity index (χ2v) is 11.5. The Hall–Kier alpha value is -2.69. The number of thiazole rings is 1. The molecule has 0 saturated carbocycles. The number of carbonyl (C=O) groups excluding carboxylic acids is 3. The second-order valence-electron chi connectivity index (χ2n) is 10.3. The number of likely N-dealkylation sites (tertiary alicyclic amines) is 1. The Balaban J connectivity index is 1.71. The van der Waals surface area contributed by atoms with Crippen molar-refractivity contribution >= 4 is 40.8 Å². The molecule has 0 aliphatic carbocycles. The number of nitrogens with one attached hydrogen (secondary N) is 2. The Bertz CT molecular complexity index is 1100. The monoisotopic (exact) mass is 550 g/mol. The number of aryl methyl sites for hydroxylation is 1. The van der Waals surface area contributed by atoms with Crippen LogP contribution in [0.15, 0.2) is 29.8 Å². The van der Waals surface area contributed by atoms with E-state index in [1.165, 1.54) is 4.90 Å². The summed E-state index contributed by atoms with van der Waals surface area (Å²) in [4.78, 5) is 45.7. The van der Waals surface area contributed by atoms with E-state index in [0.29, 0.717) is 0 Å². The van der Waals surface area contributed by atoms with Gasteiger partial charge < -0.3 is 25.4 Å². The van der Waals surface area contributed by atoms with Gasteiger partial charge in [-0.25, -0.2) is 9.78 Å². The number of ether oxygens (including phenoxy) is 1. The second kappa shape index (κ2) is 12.2. The summed E-state index contributed by atoms with van der Waals surface area (Å²) in [7, 11) is 0. The summed E-state index contributed by atoms with van der Waals surface area (Å²) >= 11 is 7.15. The number of halogens is 1. The normalized spacial score (nSPS) is 19.3. The van der Waals surface area contributed by atoms with Crippen molar-refractivity contribution in [2.45, 2.75) is 65.3 Å². The molecule has 0 radical (unpaired) electrons. The topological polar surface area (TPSA) is 121 Å². The van der Waals surface area contributed by atoms with Crippen molar-refractivity contribution in [2.75, 3.05) is 19.0 Å². The molecule has 37 heavy (non-hydrogen) atoms. The van der Waals surface area contributed by atoms with Crippen LogP contribution in [0.2, 0.25) is 0 Å². The maximum atomic E-state index is 13.5. The van der Waals surface area contributed by atoms with Gasteiger partial charge in [-0.15, -0.1) is 22.9 Å². The van der Waals surface area contributed by atoms with E-state index in [2.05, 4.69) is 15.6 Å². The molecule has 9 nitrogen and oxygen atoms in total. The summed E-state index contributed by atoms with van der Waals surface area (Å²) in [6.07, 6.45) is -1.50. The van der Waals surface area contributed by atoms with Crippen LogP contribution in [-0.2, 0) is 14.3 Å². The number of carbonyl (C=O) groups is 3. The van der Waals surface area contributed by atoms with E-state index >= 15 is 0 Å². The van der Waals surface area contributed by atoms with Crippen LogP contribution < -0.4 is 10.6 Å². The summed E-state index contributed by atoms with van der Waals surface area (Å²) in [5.74, 6) is -0.686. The smallest absolute Gasteiger partial charge is 0.407 e. The fourth-order valence-electron chi connectivity index (χ4n) is 4.31. The van der Waals surface area contributed by atoms with Crippen molar-refractivity contribution in [3.63, 3.8) is 0 Å². The number of benzene rings is 1. The first kappa shape index (κ1) is 28.9. The number of rotatable bonds is 8. The average molecular weight is 551 g/mol. The molecule has 1 aliphatic rings. The van der Waals surface area contributed by atoms with Crippen LogP contribution in [0.4, 0.5) is 4.79 Å². The minimum Gasteiger partial charge on any atom is -0.448 e. The highest BCUT2D eigenvalue weighted by Gasteiger charge is 2.44. The van der Waals surface area contributed by atoms with Crippen molar-refractivity contribution < 1.29 is 24.2 Å². The molecule has 3 amide bonds. The number of hydrogen-bond donors (Lipinski definition) is 3. The van der Waals surface area contributed by atoms with Gasteiger partial charge in [0, 0.05) is 13.0 Å². The number of β-amino-alcohol motifs (C(OH)–C–C–N with tert-alkyl or cyclic N) is 1. The predicted octanol–water partition coefficient (Wildman–Crippen LogP) is 3.64. The molecule has 2 aromatic rings. The molecule has 202 valence electrons. The Kier molecular flexibility index (Phi) is 9.55. The van der Waals surface area contributed by atoms with Gasteiger partial charge in [0.15, 0.2) is 0 Å². The molecular formula is C26H35ClN4O5S. The molecule has 3 rings (SSSR count). The van der Waals surface area contributed by atoms with E-state index < -0.39 is 35.6 Å². The number of nitrogens with zero attached hydrogens (tertiary/aromatic N) is 2. The zero-order valence-corrected chi connectivity index (χ0v) is 23.4. The van der Waals surface area contributed by atoms with Gasteiger partial charge in [0.2, 0.25) is 11.8 Å². The average Bonchev–Trinajstić information content (AvgIpc) is 3.45. The largest absolute Gasteiger partial charge is 0.448 e. The molecule has 11 heteroatoms. The number of alkyl halides is 1. The zero-order valence-electron chi connectivity index (χ0n) is 21.8. The van der Waals surface area contributed by atoms with Crippen molar-refractivity contribution in [2.24, 2.45) is 5.41 Å². The van der Waals surface area contributed by atoms with Crippen molar-refractivity contribution in [1.29, 1.82) is 0 Å². The van der Waals surface area contributed by atoms with E-state index in [4.69, 9.17) is 16.3 Å². The maximum Gasteiger partial charge on any atom is 0.407 e. The van der Waals surface area contributed by atoms with Crippen LogP contribution in [0, 0.1) is 12.3 Å². The van der Waals surface area contributed by atoms with Crippen LogP contribution in [0.25, 0.3) is 10.4 Å². The lowest BCUT2D eigenvalue weighted by molar-refractivity contribution is -0.142. The molecule has 0 spiro atoms. The summed E-state index contributed by atoms with van der Waals surface area (Å²) < 4.78 is 4.98. The lowest BCUT2D eigenvalue weighted by atomic mass is 9.85. The first-order valence-corrected chi connectivity index (χ1v) is 13.6. The molecule has 0 unspecified atom stereocenters. The Labute approximate surface area is 226 Å². The quantitative estimate of drug-likeness (QED) is 0.432. The SMILES string of the molecule is Cc1ncsc1-c1ccc([C@H](C)NC(=O)[C@@H]2C[C@@H](O)CN2C(=O)[C@@H](NC(=O)OCCCl)C(C)(C)C)cc1. The molecule has 1 aromatic carbocycles. The zero-order chi connectivity index (χ0) is 27.3. The highest BCUT2D eigenvalue weighted by Crippen LogP contribution is 2.29. The Morgan fingerprint density at radius 1 is 1.24 bits per heavy atom. The fourth-order valence-corrected chi connectivity index (χ4v) is 5.20. The number of aliphatic hydroxyl groups excluding tert-OH is 1. The van der Waals surface area contributed by atoms with Crippen LogP contribution in [0.5, 0.6) is 0 Å². The summed E-state index contributed by atoms with van der Waals surface area (Å²) in [5.41, 5.74) is 4.08. The molecular weight excluding hydrogens is 516 g/mol. The Morgan fingerprint density at radius 2 is 1.92 bits per heavy atom. The molecule has 3 N–H and O–H groups in total. The van der Waals surface area contributed by atoms with Crippen molar-refractivity contribution in [1.82, 2.24) is 20.5 Å². The summed E-state index contributed by atoms with van der Waals surface area (Å²) in [6, 6.07) is 5.76. The minimum atomic E-state index is -0.962. The molecule has 0 bridgehead atoms. The highest BCUT2D eigenvalue weighted by atomic mass is 35.5. The third kappa shape index (κ3) is 7.21. The molecule has 1 fully saturated rings. The van der Waals surface area contributed by atoms with Gasteiger partial charge in [-0.05, 0) is 30.4 Å². The fraction of sp³-hybridized carbons (Fsp3) is 0.538. The first-order valence-electron chi connectivity index (χ1n) is 12.2. The first-order chi connectivity index (χ1) is 17.4.